The fourth-order valence-corrected chi connectivity index (χ4v) is 3.30. The zero-order valence-electron chi connectivity index (χ0n) is 31.5. The lowest BCUT2D eigenvalue weighted by Gasteiger charge is -2.29. The zero-order valence-corrected chi connectivity index (χ0v) is 17.5. The number of piperidine rings is 1. The van der Waals surface area contributed by atoms with Crippen molar-refractivity contribution in [2.24, 2.45) is 5.73 Å². The lowest BCUT2D eigenvalue weighted by molar-refractivity contribution is -0.119. The van der Waals surface area contributed by atoms with Crippen LogP contribution in [0.4, 0.5) is 11.4 Å². The van der Waals surface area contributed by atoms with Gasteiger partial charge in [-0.25, -0.2) is 4.68 Å². The minimum absolute atomic E-state index is 0.00307. The van der Waals surface area contributed by atoms with E-state index in [-0.39, 0.29) is 15.5 Å². The molecular weight excluding hydrogens is 434 g/mol. The van der Waals surface area contributed by atoms with Gasteiger partial charge in [0.05, 0.1) is 21.0 Å². The van der Waals surface area contributed by atoms with E-state index in [1.165, 1.54) is 31.4 Å². The summed E-state index contributed by atoms with van der Waals surface area (Å²) in [6.07, 6.45) is -11.1. The first-order chi connectivity index (χ1) is 21.9. The van der Waals surface area contributed by atoms with Crippen LogP contribution in [0.25, 0.3) is 5.69 Å². The van der Waals surface area contributed by atoms with Gasteiger partial charge in [-0.15, -0.1) is 0 Å². The minimum atomic E-state index is -3.58. The number of ether oxygens (including phenoxy) is 1. The van der Waals surface area contributed by atoms with Gasteiger partial charge in [0.15, 0.2) is 5.69 Å². The third-order valence-electron chi connectivity index (χ3n) is 4.93. The van der Waals surface area contributed by atoms with Crippen molar-refractivity contribution in [1.29, 1.82) is 0 Å². The molecule has 2 N–H and O–H groups in total. The van der Waals surface area contributed by atoms with Crippen molar-refractivity contribution >= 4 is 29.1 Å². The normalized spacial score (nSPS) is 29.3. The zero-order chi connectivity index (χ0) is 36.3. The Balaban J connectivity index is 1.79. The van der Waals surface area contributed by atoms with Crippen LogP contribution in [0.5, 0.6) is 5.75 Å². The van der Waals surface area contributed by atoms with E-state index in [1.54, 1.807) is 0 Å². The Labute approximate surface area is 216 Å². The van der Waals surface area contributed by atoms with Crippen LogP contribution < -0.4 is 20.3 Å². The fourth-order valence-electron chi connectivity index (χ4n) is 3.30. The second-order valence-corrected chi connectivity index (χ2v) is 6.94. The quantitative estimate of drug-likeness (QED) is 0.613. The molecule has 3 amide bonds. The molecule has 3 heterocycles. The summed E-state index contributed by atoms with van der Waals surface area (Å²) < 4.78 is 124. The van der Waals surface area contributed by atoms with Crippen LogP contribution in [0.15, 0.2) is 48.4 Å². The molecule has 5 rings (SSSR count). The molecule has 3 aromatic rings. The highest BCUT2D eigenvalue weighted by Gasteiger charge is 2.34. The monoisotopic (exact) mass is 473 g/mol. The number of carbonyl (C=O) groups excluding carboxylic acids is 3. The summed E-state index contributed by atoms with van der Waals surface area (Å²) in [5.74, 6) is -3.87. The molecule has 34 heavy (non-hydrogen) atoms. The Morgan fingerprint density at radius 2 is 1.71 bits per heavy atom. The summed E-state index contributed by atoms with van der Waals surface area (Å²) in [5, 5.41) is 3.99. The second-order valence-electron chi connectivity index (χ2n) is 6.94. The van der Waals surface area contributed by atoms with E-state index < -0.39 is 109 Å². The Morgan fingerprint density at radius 3 is 2.35 bits per heavy atom. The highest BCUT2D eigenvalue weighted by molar-refractivity contribution is 6.09. The Kier molecular flexibility index (Phi) is 2.77. The summed E-state index contributed by atoms with van der Waals surface area (Å²) in [6, 6.07) is 0.571. The third kappa shape index (κ3) is 3.68. The van der Waals surface area contributed by atoms with E-state index in [1.807, 2.05) is 0 Å². The number of fused-ring (bicyclic) bond motifs is 1. The van der Waals surface area contributed by atoms with Gasteiger partial charge in [0.25, 0.3) is 11.8 Å². The third-order valence-corrected chi connectivity index (χ3v) is 4.93. The van der Waals surface area contributed by atoms with Crippen LogP contribution >= 0.6 is 0 Å². The molecule has 9 heteroatoms. The summed E-state index contributed by atoms with van der Waals surface area (Å²) in [5.41, 5.74) is 0.796. The van der Waals surface area contributed by atoms with Gasteiger partial charge in [0, 0.05) is 47.3 Å². The van der Waals surface area contributed by atoms with Gasteiger partial charge in [-0.3, -0.25) is 14.4 Å². The molecule has 2 aliphatic rings. The van der Waals surface area contributed by atoms with Crippen LogP contribution in [0.1, 0.15) is 64.9 Å². The van der Waals surface area contributed by atoms with Crippen molar-refractivity contribution in [3.63, 3.8) is 0 Å². The van der Waals surface area contributed by atoms with Crippen LogP contribution in [0, 0.1) is 0 Å². The molecule has 0 unspecified atom stereocenters. The molecule has 1 fully saturated rings. The number of anilines is 2. The van der Waals surface area contributed by atoms with Crippen molar-refractivity contribution in [3.8, 4) is 11.4 Å². The number of carbonyl (C=O) groups is 3. The molecule has 0 spiro atoms. The largest absolute Gasteiger partial charge is 0.497 e. The Bertz CT molecular complexity index is 1880. The fraction of sp³-hybridized carbons (Fsp3) is 0.280. The standard InChI is InChI=1S/C25H25N5O4/c1-34-19-11-9-18(10-12-19)30-23-20(22(27-30)24(26)32)13-15-29(25(23)33)17-7-5-16(6-8-17)28-14-3-2-4-21(28)31/h5-12H,2-4,13-15H2,1H3,(H2,26,32)/i2D2,3D2,5D,6D,7D,8D,13D2,14D2,15D2. The van der Waals surface area contributed by atoms with Crippen LogP contribution in [-0.4, -0.2) is 47.6 Å². The predicted octanol–water partition coefficient (Wildman–Crippen LogP) is 2.70. The van der Waals surface area contributed by atoms with Crippen molar-refractivity contribution in [2.45, 2.75) is 25.5 Å². The predicted molar refractivity (Wildman–Crippen MR) is 127 cm³/mol. The van der Waals surface area contributed by atoms with Crippen molar-refractivity contribution < 1.29 is 38.3 Å². The van der Waals surface area contributed by atoms with E-state index in [4.69, 9.17) is 29.7 Å². The Morgan fingerprint density at radius 1 is 1.03 bits per heavy atom. The molecule has 2 aromatic carbocycles. The van der Waals surface area contributed by atoms with Crippen molar-refractivity contribution in [3.05, 3.63) is 65.4 Å². The maximum Gasteiger partial charge on any atom is 0.277 e. The lowest BCUT2D eigenvalue weighted by Crippen LogP contribution is -2.39. The molecule has 0 aliphatic carbocycles. The first-order valence-corrected chi connectivity index (χ1v) is 9.75. The molecule has 1 aromatic heterocycles. The van der Waals surface area contributed by atoms with Crippen molar-refractivity contribution in [1.82, 2.24) is 9.78 Å². The lowest BCUT2D eigenvalue weighted by atomic mass is 10.0. The van der Waals surface area contributed by atoms with Gasteiger partial charge < -0.3 is 20.3 Å². The summed E-state index contributed by atoms with van der Waals surface area (Å²) in [6.45, 7) is -7.15. The van der Waals surface area contributed by atoms with E-state index in [9.17, 15) is 14.4 Å². The topological polar surface area (TPSA) is 111 Å². The first-order valence-electron chi connectivity index (χ1n) is 16.8. The highest BCUT2D eigenvalue weighted by Crippen LogP contribution is 2.31. The van der Waals surface area contributed by atoms with Gasteiger partial charge >= 0.3 is 0 Å². The number of aromatic nitrogens is 2. The first kappa shape index (κ1) is 10.9. The van der Waals surface area contributed by atoms with E-state index in [2.05, 4.69) is 5.10 Å². The van der Waals surface area contributed by atoms with E-state index in [0.717, 1.165) is 4.68 Å². The average molecular weight is 474 g/mol. The second kappa shape index (κ2) is 8.66. The van der Waals surface area contributed by atoms with Crippen LogP contribution in [0.3, 0.4) is 0 Å². The molecule has 0 radical (unpaired) electrons. The van der Waals surface area contributed by atoms with Gasteiger partial charge in [0.1, 0.15) is 11.4 Å². The number of nitrogens with zero attached hydrogens (tertiary/aromatic N) is 4. The average Bonchev–Trinajstić information content (AvgIpc) is 3.40. The van der Waals surface area contributed by atoms with Crippen LogP contribution in [0.2, 0.25) is 0 Å². The molecular formula is C25H25N5O4. The number of primary amides is 1. The number of methoxy groups -OCH3 is 1. The highest BCUT2D eigenvalue weighted by atomic mass is 16.5. The number of amides is 3. The number of nitrogens with two attached hydrogens (primary N) is 1. The summed E-state index contributed by atoms with van der Waals surface area (Å²) in [7, 11) is 1.38. The molecule has 9 nitrogen and oxygen atoms in total. The number of hydrogen-bond donors (Lipinski definition) is 1. The Hall–Kier alpha value is -4.14. The molecule has 0 atom stereocenters. The van der Waals surface area contributed by atoms with Gasteiger partial charge in [-0.1, -0.05) is 0 Å². The van der Waals surface area contributed by atoms with Crippen LogP contribution in [-0.2, 0) is 11.2 Å². The summed E-state index contributed by atoms with van der Waals surface area (Å²) >= 11 is 0. The SMILES string of the molecule is [2H]c1c([2H])c(N2C(=O)CC([2H])([2H])C([2H])([2H])C2([2H])[2H])c([2H])c([2H])c1N1C(=O)c2c(c(C(N)=O)nn2-c2ccc(OC)cc2)C([2H])([2H])C1([2H])[2H]. The maximum absolute atomic E-state index is 14.3. The molecule has 174 valence electrons. The molecule has 0 bridgehead atoms. The number of benzene rings is 2. The van der Waals surface area contributed by atoms with Gasteiger partial charge in [0.2, 0.25) is 5.91 Å². The smallest absolute Gasteiger partial charge is 0.277 e. The van der Waals surface area contributed by atoms with Gasteiger partial charge in [-0.05, 0) is 67.6 Å². The summed E-state index contributed by atoms with van der Waals surface area (Å²) in [4.78, 5) is 39.7. The van der Waals surface area contributed by atoms with E-state index >= 15 is 0 Å². The molecule has 0 saturated carbocycles. The minimum Gasteiger partial charge on any atom is -0.497 e. The molecule has 2 aliphatic heterocycles. The van der Waals surface area contributed by atoms with Gasteiger partial charge in [-0.2, -0.15) is 5.10 Å². The number of hydrogen-bond acceptors (Lipinski definition) is 5. The van der Waals surface area contributed by atoms with Crippen molar-refractivity contribution in [2.75, 3.05) is 29.9 Å². The van der Waals surface area contributed by atoms with E-state index in [0.29, 0.717) is 5.75 Å². The number of rotatable bonds is 5. The maximum atomic E-state index is 14.3. The molecule has 1 saturated heterocycles.